The third-order valence-corrected chi connectivity index (χ3v) is 4.55. The SMILES string of the molecule is CCOC(=O)C(C(=O)OCC)[C@@H](c1ccccc1)[C@@H]1C=CC(=O)N1C(=O)OC(C)(C)C. The number of amides is 2. The highest BCUT2D eigenvalue weighted by Crippen LogP contribution is 2.36. The van der Waals surface area contributed by atoms with Crippen LogP contribution in [0.2, 0.25) is 0 Å². The fraction of sp³-hybridized carbons (Fsp3) is 0.478. The van der Waals surface area contributed by atoms with Crippen LogP contribution in [-0.2, 0) is 28.6 Å². The van der Waals surface area contributed by atoms with E-state index >= 15 is 0 Å². The van der Waals surface area contributed by atoms with Crippen LogP contribution in [0.5, 0.6) is 0 Å². The number of carbonyl (C=O) groups excluding carboxylic acids is 4. The molecule has 0 spiro atoms. The van der Waals surface area contributed by atoms with Crippen LogP contribution in [0.3, 0.4) is 0 Å². The molecule has 0 aliphatic carbocycles. The van der Waals surface area contributed by atoms with Gasteiger partial charge in [-0.2, -0.15) is 0 Å². The number of hydrogen-bond acceptors (Lipinski definition) is 7. The van der Waals surface area contributed by atoms with E-state index in [4.69, 9.17) is 14.2 Å². The molecule has 0 unspecified atom stereocenters. The van der Waals surface area contributed by atoms with Gasteiger partial charge < -0.3 is 14.2 Å². The maximum Gasteiger partial charge on any atom is 0.417 e. The van der Waals surface area contributed by atoms with Crippen molar-refractivity contribution >= 4 is 23.9 Å². The number of rotatable bonds is 7. The van der Waals surface area contributed by atoms with Gasteiger partial charge in [-0.15, -0.1) is 0 Å². The Morgan fingerprint density at radius 1 is 1.00 bits per heavy atom. The van der Waals surface area contributed by atoms with E-state index in [2.05, 4.69) is 0 Å². The van der Waals surface area contributed by atoms with Crippen molar-refractivity contribution in [3.63, 3.8) is 0 Å². The van der Waals surface area contributed by atoms with Crippen LogP contribution < -0.4 is 0 Å². The van der Waals surface area contributed by atoms with Crippen LogP contribution in [0.25, 0.3) is 0 Å². The molecule has 0 saturated carbocycles. The summed E-state index contributed by atoms with van der Waals surface area (Å²) in [7, 11) is 0. The fourth-order valence-corrected chi connectivity index (χ4v) is 3.41. The first-order valence-corrected chi connectivity index (χ1v) is 10.2. The Morgan fingerprint density at radius 2 is 1.55 bits per heavy atom. The Balaban J connectivity index is 2.57. The average Bonchev–Trinajstić information content (AvgIpc) is 3.06. The number of benzene rings is 1. The van der Waals surface area contributed by atoms with Gasteiger partial charge in [-0.1, -0.05) is 36.4 Å². The number of imide groups is 1. The Bertz CT molecular complexity index is 823. The van der Waals surface area contributed by atoms with Crippen LogP contribution in [-0.4, -0.2) is 53.7 Å². The lowest BCUT2D eigenvalue weighted by Crippen LogP contribution is -2.49. The van der Waals surface area contributed by atoms with Gasteiger partial charge in [0.2, 0.25) is 0 Å². The molecule has 168 valence electrons. The summed E-state index contributed by atoms with van der Waals surface area (Å²) in [6, 6.07) is 7.77. The molecular formula is C23H29NO7. The van der Waals surface area contributed by atoms with E-state index in [0.717, 1.165) is 4.90 Å². The van der Waals surface area contributed by atoms with Crippen LogP contribution in [0.15, 0.2) is 42.5 Å². The average molecular weight is 431 g/mol. The van der Waals surface area contributed by atoms with Gasteiger partial charge in [0.15, 0.2) is 5.92 Å². The quantitative estimate of drug-likeness (QED) is 0.371. The second-order valence-corrected chi connectivity index (χ2v) is 7.96. The van der Waals surface area contributed by atoms with Gasteiger partial charge in [-0.3, -0.25) is 14.4 Å². The Labute approximate surface area is 182 Å². The van der Waals surface area contributed by atoms with E-state index < -0.39 is 47.4 Å². The van der Waals surface area contributed by atoms with Crippen molar-refractivity contribution in [1.29, 1.82) is 0 Å². The van der Waals surface area contributed by atoms with Gasteiger partial charge in [-0.05, 0) is 40.2 Å². The monoisotopic (exact) mass is 431 g/mol. The van der Waals surface area contributed by atoms with Crippen LogP contribution in [0.4, 0.5) is 4.79 Å². The van der Waals surface area contributed by atoms with E-state index in [1.54, 1.807) is 65.0 Å². The molecule has 0 saturated heterocycles. The zero-order chi connectivity index (χ0) is 23.2. The summed E-state index contributed by atoms with van der Waals surface area (Å²) in [6.07, 6.45) is 1.87. The highest BCUT2D eigenvalue weighted by molar-refractivity contribution is 6.02. The van der Waals surface area contributed by atoms with Gasteiger partial charge in [0.1, 0.15) is 5.60 Å². The summed E-state index contributed by atoms with van der Waals surface area (Å²) in [4.78, 5) is 52.0. The molecule has 1 aliphatic heterocycles. The summed E-state index contributed by atoms with van der Waals surface area (Å²) in [5.41, 5.74) is -0.263. The van der Waals surface area contributed by atoms with E-state index in [-0.39, 0.29) is 13.2 Å². The highest BCUT2D eigenvalue weighted by Gasteiger charge is 2.48. The summed E-state index contributed by atoms with van der Waals surface area (Å²) in [6.45, 7) is 8.43. The number of esters is 2. The van der Waals surface area contributed by atoms with Crippen LogP contribution >= 0.6 is 0 Å². The maximum absolute atomic E-state index is 12.9. The molecule has 1 aromatic carbocycles. The molecule has 0 radical (unpaired) electrons. The smallest absolute Gasteiger partial charge is 0.417 e. The summed E-state index contributed by atoms with van der Waals surface area (Å²) in [5, 5.41) is 0. The van der Waals surface area contributed by atoms with Crippen LogP contribution in [0, 0.1) is 5.92 Å². The van der Waals surface area contributed by atoms with Crippen molar-refractivity contribution < 1.29 is 33.4 Å². The fourth-order valence-electron chi connectivity index (χ4n) is 3.41. The van der Waals surface area contributed by atoms with E-state index in [9.17, 15) is 19.2 Å². The molecule has 1 aromatic rings. The van der Waals surface area contributed by atoms with Crippen molar-refractivity contribution in [3.8, 4) is 0 Å². The molecule has 2 atom stereocenters. The van der Waals surface area contributed by atoms with E-state index in [0.29, 0.717) is 5.56 Å². The van der Waals surface area contributed by atoms with Gasteiger partial charge >= 0.3 is 18.0 Å². The molecular weight excluding hydrogens is 402 g/mol. The molecule has 8 heteroatoms. The normalized spacial score (nSPS) is 16.9. The van der Waals surface area contributed by atoms with Crippen molar-refractivity contribution in [2.45, 2.75) is 52.2 Å². The van der Waals surface area contributed by atoms with Crippen molar-refractivity contribution in [1.82, 2.24) is 4.90 Å². The minimum absolute atomic E-state index is 0.0610. The van der Waals surface area contributed by atoms with Crippen LogP contribution in [0.1, 0.15) is 46.1 Å². The second-order valence-electron chi connectivity index (χ2n) is 7.96. The first-order valence-electron chi connectivity index (χ1n) is 10.2. The molecule has 0 N–H and O–H groups in total. The number of carbonyl (C=O) groups is 4. The standard InChI is InChI=1S/C23H29NO7/c1-6-29-20(26)19(21(27)30-7-2)18(15-11-9-8-10-12-15)16-13-14-17(25)24(16)22(28)31-23(3,4)5/h8-14,16,18-19H,6-7H2,1-5H3/t16-,18-/m0/s1. The third kappa shape index (κ3) is 5.93. The maximum atomic E-state index is 12.9. The summed E-state index contributed by atoms with van der Waals surface area (Å²) >= 11 is 0. The van der Waals surface area contributed by atoms with Crippen molar-refractivity contribution in [3.05, 3.63) is 48.0 Å². The molecule has 0 bridgehead atoms. The lowest BCUT2D eigenvalue weighted by molar-refractivity contribution is -0.164. The number of ether oxygens (including phenoxy) is 3. The first kappa shape index (κ1) is 24.1. The lowest BCUT2D eigenvalue weighted by Gasteiger charge is -2.34. The Kier molecular flexibility index (Phi) is 7.96. The molecule has 2 amide bonds. The minimum atomic E-state index is -1.38. The van der Waals surface area contributed by atoms with E-state index in [1.807, 2.05) is 0 Å². The number of hydrogen-bond donors (Lipinski definition) is 0. The third-order valence-electron chi connectivity index (χ3n) is 4.55. The molecule has 8 nitrogen and oxygen atoms in total. The largest absolute Gasteiger partial charge is 0.465 e. The van der Waals surface area contributed by atoms with Crippen molar-refractivity contribution in [2.24, 2.45) is 5.92 Å². The Morgan fingerprint density at radius 3 is 2.03 bits per heavy atom. The predicted molar refractivity (Wildman–Crippen MR) is 112 cm³/mol. The molecule has 1 aliphatic rings. The predicted octanol–water partition coefficient (Wildman–Crippen LogP) is 3.21. The molecule has 0 aromatic heterocycles. The molecule has 1 heterocycles. The molecule has 0 fully saturated rings. The molecule has 2 rings (SSSR count). The van der Waals surface area contributed by atoms with Gasteiger partial charge in [-0.25, -0.2) is 9.69 Å². The summed E-state index contributed by atoms with van der Waals surface area (Å²) < 4.78 is 15.7. The zero-order valence-corrected chi connectivity index (χ0v) is 18.5. The van der Waals surface area contributed by atoms with E-state index in [1.165, 1.54) is 12.2 Å². The van der Waals surface area contributed by atoms with Gasteiger partial charge in [0.05, 0.1) is 19.3 Å². The van der Waals surface area contributed by atoms with Gasteiger partial charge in [0, 0.05) is 12.0 Å². The van der Waals surface area contributed by atoms with Gasteiger partial charge in [0.25, 0.3) is 5.91 Å². The second kappa shape index (κ2) is 10.2. The van der Waals surface area contributed by atoms with Crippen molar-refractivity contribution in [2.75, 3.05) is 13.2 Å². The minimum Gasteiger partial charge on any atom is -0.465 e. The summed E-state index contributed by atoms with van der Waals surface area (Å²) in [5.74, 6) is -4.47. The topological polar surface area (TPSA) is 99.2 Å². The molecule has 31 heavy (non-hydrogen) atoms. The first-order chi connectivity index (χ1) is 14.6. The number of nitrogens with zero attached hydrogens (tertiary/aromatic N) is 1. The highest BCUT2D eigenvalue weighted by atomic mass is 16.6. The Hall–Kier alpha value is -3.16. The lowest BCUT2D eigenvalue weighted by atomic mass is 9.80. The zero-order valence-electron chi connectivity index (χ0n) is 18.5.